The molecular weight excluding hydrogens is 252 g/mol. The number of aromatic amines is 1. The van der Waals surface area contributed by atoms with Crippen molar-refractivity contribution in [2.45, 2.75) is 26.4 Å². The first kappa shape index (κ1) is 14.4. The summed E-state index contributed by atoms with van der Waals surface area (Å²) in [5.41, 5.74) is 0.393. The summed E-state index contributed by atoms with van der Waals surface area (Å²) in [5.74, 6) is -0.627. The van der Waals surface area contributed by atoms with E-state index in [2.05, 4.69) is 10.3 Å². The number of carbonyl (C=O) groups excluding carboxylic acids is 2. The second kappa shape index (κ2) is 6.90. The van der Waals surface area contributed by atoms with Gasteiger partial charge in [-0.3, -0.25) is 9.59 Å². The van der Waals surface area contributed by atoms with Crippen LogP contribution < -0.4 is 5.32 Å². The maximum atomic E-state index is 11.7. The summed E-state index contributed by atoms with van der Waals surface area (Å²) in [7, 11) is 0. The van der Waals surface area contributed by atoms with E-state index in [0.29, 0.717) is 10.2 Å². The molecule has 0 aliphatic carbocycles. The topological polar surface area (TPSA) is 71.2 Å². The molecule has 1 amide bonds. The number of hydrogen-bond donors (Lipinski definition) is 2. The number of carbonyl (C=O) groups is 2. The van der Waals surface area contributed by atoms with Crippen LogP contribution in [0.2, 0.25) is 0 Å². The standard InChI is InChI=1S/C12H16N2O3S/c1-8(2)17-10(15)5-7-13-11(16)9-4-3-6-14-12(9)18/h3-4,6,8H,5,7H2,1-2H3,(H,13,16)(H,14,18). The van der Waals surface area contributed by atoms with Crippen LogP contribution in [0.1, 0.15) is 30.6 Å². The summed E-state index contributed by atoms with van der Waals surface area (Å²) in [5, 5.41) is 2.62. The first-order chi connectivity index (χ1) is 8.50. The first-order valence-corrected chi connectivity index (χ1v) is 6.07. The maximum Gasteiger partial charge on any atom is 0.307 e. The van der Waals surface area contributed by atoms with Gasteiger partial charge in [0.1, 0.15) is 4.64 Å². The predicted octanol–water partition coefficient (Wildman–Crippen LogP) is 1.82. The Morgan fingerprint density at radius 1 is 1.50 bits per heavy atom. The Morgan fingerprint density at radius 3 is 2.83 bits per heavy atom. The van der Waals surface area contributed by atoms with Gasteiger partial charge in [0.05, 0.1) is 18.1 Å². The lowest BCUT2D eigenvalue weighted by Gasteiger charge is -2.08. The lowest BCUT2D eigenvalue weighted by atomic mass is 10.2. The van der Waals surface area contributed by atoms with Crippen LogP contribution in [0.5, 0.6) is 0 Å². The van der Waals surface area contributed by atoms with Crippen LogP contribution in [0, 0.1) is 4.64 Å². The smallest absolute Gasteiger partial charge is 0.307 e. The lowest BCUT2D eigenvalue weighted by molar-refractivity contribution is -0.147. The largest absolute Gasteiger partial charge is 0.463 e. The summed E-state index contributed by atoms with van der Waals surface area (Å²) in [6.07, 6.45) is 1.66. The number of ether oxygens (including phenoxy) is 1. The van der Waals surface area contributed by atoms with Crippen LogP contribution >= 0.6 is 12.2 Å². The third-order valence-electron chi connectivity index (χ3n) is 2.04. The van der Waals surface area contributed by atoms with Crippen molar-refractivity contribution in [2.24, 2.45) is 0 Å². The van der Waals surface area contributed by atoms with Gasteiger partial charge in [0.15, 0.2) is 0 Å². The Balaban J connectivity index is 2.41. The zero-order chi connectivity index (χ0) is 13.5. The molecule has 6 heteroatoms. The van der Waals surface area contributed by atoms with Gasteiger partial charge < -0.3 is 15.0 Å². The van der Waals surface area contributed by atoms with Crippen LogP contribution in [0.3, 0.4) is 0 Å². The van der Waals surface area contributed by atoms with Crippen molar-refractivity contribution in [1.82, 2.24) is 10.3 Å². The van der Waals surface area contributed by atoms with E-state index in [1.807, 2.05) is 0 Å². The Labute approximate surface area is 111 Å². The van der Waals surface area contributed by atoms with E-state index >= 15 is 0 Å². The molecule has 18 heavy (non-hydrogen) atoms. The Kier molecular flexibility index (Phi) is 5.51. The van der Waals surface area contributed by atoms with Gasteiger partial charge >= 0.3 is 5.97 Å². The highest BCUT2D eigenvalue weighted by Crippen LogP contribution is 1.99. The second-order valence-electron chi connectivity index (χ2n) is 3.96. The number of amides is 1. The quantitative estimate of drug-likeness (QED) is 0.631. The third-order valence-corrected chi connectivity index (χ3v) is 2.38. The van der Waals surface area contributed by atoms with Gasteiger partial charge in [0.25, 0.3) is 5.91 Å². The molecule has 0 saturated carbocycles. The summed E-state index contributed by atoms with van der Waals surface area (Å²) in [4.78, 5) is 25.7. The first-order valence-electron chi connectivity index (χ1n) is 5.66. The summed E-state index contributed by atoms with van der Waals surface area (Å²) in [6, 6.07) is 3.32. The molecule has 1 aromatic rings. The van der Waals surface area contributed by atoms with E-state index < -0.39 is 0 Å². The highest BCUT2D eigenvalue weighted by atomic mass is 32.1. The minimum Gasteiger partial charge on any atom is -0.463 e. The molecule has 5 nitrogen and oxygen atoms in total. The molecule has 0 radical (unpaired) electrons. The second-order valence-corrected chi connectivity index (χ2v) is 4.37. The number of rotatable bonds is 5. The number of aromatic nitrogens is 1. The Hall–Kier alpha value is -1.69. The van der Waals surface area contributed by atoms with Gasteiger partial charge in [0, 0.05) is 12.7 Å². The van der Waals surface area contributed by atoms with Crippen molar-refractivity contribution in [3.8, 4) is 0 Å². The minimum atomic E-state index is -0.330. The van der Waals surface area contributed by atoms with E-state index in [1.165, 1.54) is 0 Å². The van der Waals surface area contributed by atoms with E-state index in [4.69, 9.17) is 17.0 Å². The van der Waals surface area contributed by atoms with Gasteiger partial charge in [-0.1, -0.05) is 12.2 Å². The van der Waals surface area contributed by atoms with Gasteiger partial charge in [0.2, 0.25) is 0 Å². The Morgan fingerprint density at radius 2 is 2.22 bits per heavy atom. The number of pyridine rings is 1. The number of hydrogen-bond acceptors (Lipinski definition) is 4. The van der Waals surface area contributed by atoms with E-state index in [9.17, 15) is 9.59 Å². The molecule has 0 unspecified atom stereocenters. The van der Waals surface area contributed by atoms with Crippen LogP contribution in [-0.4, -0.2) is 29.5 Å². The SMILES string of the molecule is CC(C)OC(=O)CCNC(=O)c1ccc[nH]c1=S. The molecule has 2 N–H and O–H groups in total. The van der Waals surface area contributed by atoms with Gasteiger partial charge in [-0.2, -0.15) is 0 Å². The maximum absolute atomic E-state index is 11.7. The van der Waals surface area contributed by atoms with Gasteiger partial charge in [-0.15, -0.1) is 0 Å². The molecule has 0 aliphatic rings. The third kappa shape index (κ3) is 4.67. The molecule has 0 aliphatic heterocycles. The van der Waals surface area contributed by atoms with E-state index in [1.54, 1.807) is 32.2 Å². The fourth-order valence-electron chi connectivity index (χ4n) is 1.30. The Bertz CT molecular complexity index is 482. The lowest BCUT2D eigenvalue weighted by Crippen LogP contribution is -2.27. The zero-order valence-corrected chi connectivity index (χ0v) is 11.2. The van der Waals surface area contributed by atoms with Gasteiger partial charge in [-0.05, 0) is 26.0 Å². The summed E-state index contributed by atoms with van der Waals surface area (Å²) in [6.45, 7) is 3.79. The van der Waals surface area contributed by atoms with E-state index in [0.717, 1.165) is 0 Å². The summed E-state index contributed by atoms with van der Waals surface area (Å²) >= 11 is 4.98. The molecule has 1 aromatic heterocycles. The summed E-state index contributed by atoms with van der Waals surface area (Å²) < 4.78 is 5.32. The number of nitrogens with one attached hydrogen (secondary N) is 2. The van der Waals surface area contributed by atoms with Crippen LogP contribution in [0.25, 0.3) is 0 Å². The molecular formula is C12H16N2O3S. The minimum absolute atomic E-state index is 0.142. The highest BCUT2D eigenvalue weighted by Gasteiger charge is 2.09. The molecule has 0 fully saturated rings. The fraction of sp³-hybridized carbons (Fsp3) is 0.417. The normalized spacial score (nSPS) is 10.2. The molecule has 98 valence electrons. The monoisotopic (exact) mass is 268 g/mol. The average Bonchev–Trinajstić information content (AvgIpc) is 2.28. The predicted molar refractivity (Wildman–Crippen MR) is 69.8 cm³/mol. The number of H-pyrrole nitrogens is 1. The fourth-order valence-corrected chi connectivity index (χ4v) is 1.52. The molecule has 0 bridgehead atoms. The molecule has 0 saturated heterocycles. The van der Waals surface area contributed by atoms with Crippen molar-refractivity contribution >= 4 is 24.1 Å². The number of esters is 1. The average molecular weight is 268 g/mol. The van der Waals surface area contributed by atoms with Crippen molar-refractivity contribution < 1.29 is 14.3 Å². The molecule has 0 spiro atoms. The van der Waals surface area contributed by atoms with Crippen LogP contribution in [-0.2, 0) is 9.53 Å². The van der Waals surface area contributed by atoms with Crippen molar-refractivity contribution in [2.75, 3.05) is 6.54 Å². The molecule has 0 aromatic carbocycles. The van der Waals surface area contributed by atoms with Crippen molar-refractivity contribution in [3.63, 3.8) is 0 Å². The van der Waals surface area contributed by atoms with Crippen LogP contribution in [0.4, 0.5) is 0 Å². The van der Waals surface area contributed by atoms with Crippen molar-refractivity contribution in [3.05, 3.63) is 28.5 Å². The van der Waals surface area contributed by atoms with Crippen molar-refractivity contribution in [1.29, 1.82) is 0 Å². The van der Waals surface area contributed by atoms with E-state index in [-0.39, 0.29) is 30.9 Å². The highest BCUT2D eigenvalue weighted by molar-refractivity contribution is 7.71. The molecule has 1 heterocycles. The van der Waals surface area contributed by atoms with Crippen LogP contribution in [0.15, 0.2) is 18.3 Å². The molecule has 0 atom stereocenters. The van der Waals surface area contributed by atoms with Gasteiger partial charge in [-0.25, -0.2) is 0 Å². The molecule has 1 rings (SSSR count). The zero-order valence-electron chi connectivity index (χ0n) is 10.4.